The molecule has 0 spiro atoms. The van der Waals surface area contributed by atoms with E-state index in [0.717, 1.165) is 11.8 Å². The molecule has 0 aliphatic heterocycles. The minimum absolute atomic E-state index is 0.598. The molecule has 0 N–H and O–H groups in total. The largest absolute Gasteiger partial charge is 0.298 e. The standard InChI is InChI=1S/C11H10O/c1-2-10(9-12)8-11-6-4-3-5-7-11/h2-9H,1H2. The van der Waals surface area contributed by atoms with Crippen molar-refractivity contribution >= 4 is 12.4 Å². The summed E-state index contributed by atoms with van der Waals surface area (Å²) >= 11 is 0. The van der Waals surface area contributed by atoms with Crippen molar-refractivity contribution in [3.05, 3.63) is 54.1 Å². The Morgan fingerprint density at radius 3 is 2.42 bits per heavy atom. The number of hydrogen-bond donors (Lipinski definition) is 0. The van der Waals surface area contributed by atoms with Crippen LogP contribution in [-0.4, -0.2) is 6.29 Å². The molecule has 12 heavy (non-hydrogen) atoms. The van der Waals surface area contributed by atoms with Crippen LogP contribution < -0.4 is 0 Å². The minimum atomic E-state index is 0.598. The number of aldehydes is 1. The van der Waals surface area contributed by atoms with Crippen LogP contribution in [0.4, 0.5) is 0 Å². The smallest absolute Gasteiger partial charge is 0.150 e. The molecule has 0 saturated carbocycles. The molecule has 1 heteroatoms. The zero-order chi connectivity index (χ0) is 8.81. The SMILES string of the molecule is C=CC(C=O)=Cc1ccccc1. The fourth-order valence-corrected chi connectivity index (χ4v) is 0.883. The number of benzene rings is 1. The van der Waals surface area contributed by atoms with Crippen molar-refractivity contribution in [3.63, 3.8) is 0 Å². The Balaban J connectivity index is 2.93. The summed E-state index contributed by atoms with van der Waals surface area (Å²) in [6.07, 6.45) is 4.12. The summed E-state index contributed by atoms with van der Waals surface area (Å²) in [5.74, 6) is 0. The number of allylic oxidation sites excluding steroid dienone is 2. The van der Waals surface area contributed by atoms with Crippen molar-refractivity contribution in [1.29, 1.82) is 0 Å². The Morgan fingerprint density at radius 2 is 1.92 bits per heavy atom. The molecule has 0 amide bonds. The first kappa shape index (κ1) is 8.47. The Bertz CT molecular complexity index is 286. The van der Waals surface area contributed by atoms with Gasteiger partial charge in [-0.2, -0.15) is 0 Å². The summed E-state index contributed by atoms with van der Waals surface area (Å²) in [6, 6.07) is 9.67. The molecule has 60 valence electrons. The van der Waals surface area contributed by atoms with Gasteiger partial charge in [0.1, 0.15) is 6.29 Å². The van der Waals surface area contributed by atoms with E-state index in [4.69, 9.17) is 0 Å². The van der Waals surface area contributed by atoms with E-state index in [2.05, 4.69) is 6.58 Å². The van der Waals surface area contributed by atoms with Gasteiger partial charge in [-0.05, 0) is 11.6 Å². The number of carbonyl (C=O) groups is 1. The zero-order valence-electron chi connectivity index (χ0n) is 6.73. The molecule has 1 nitrogen and oxygen atoms in total. The van der Waals surface area contributed by atoms with E-state index >= 15 is 0 Å². The van der Waals surface area contributed by atoms with Gasteiger partial charge < -0.3 is 0 Å². The normalized spacial score (nSPS) is 10.8. The molecule has 0 bridgehead atoms. The van der Waals surface area contributed by atoms with Crippen LogP contribution in [0.1, 0.15) is 5.56 Å². The summed E-state index contributed by atoms with van der Waals surface area (Å²) in [4.78, 5) is 10.4. The molecule has 0 aromatic heterocycles. The Kier molecular flexibility index (Phi) is 3.03. The lowest BCUT2D eigenvalue weighted by atomic mass is 10.1. The molecule has 0 unspecified atom stereocenters. The molecule has 0 radical (unpaired) electrons. The van der Waals surface area contributed by atoms with E-state index in [9.17, 15) is 4.79 Å². The third-order valence-corrected chi connectivity index (χ3v) is 1.50. The molecule has 1 aromatic carbocycles. The van der Waals surface area contributed by atoms with Gasteiger partial charge >= 0.3 is 0 Å². The maximum Gasteiger partial charge on any atom is 0.150 e. The lowest BCUT2D eigenvalue weighted by Crippen LogP contribution is -1.78. The monoisotopic (exact) mass is 158 g/mol. The van der Waals surface area contributed by atoms with Crippen molar-refractivity contribution in [2.45, 2.75) is 0 Å². The number of rotatable bonds is 3. The van der Waals surface area contributed by atoms with E-state index in [1.165, 1.54) is 0 Å². The highest BCUT2D eigenvalue weighted by Gasteiger charge is 1.88. The van der Waals surface area contributed by atoms with Crippen LogP contribution >= 0.6 is 0 Å². The van der Waals surface area contributed by atoms with Gasteiger partial charge in [-0.25, -0.2) is 0 Å². The van der Waals surface area contributed by atoms with Gasteiger partial charge in [-0.3, -0.25) is 4.79 Å². The Hall–Kier alpha value is -1.63. The third kappa shape index (κ3) is 2.20. The fourth-order valence-electron chi connectivity index (χ4n) is 0.883. The van der Waals surface area contributed by atoms with Crippen molar-refractivity contribution in [3.8, 4) is 0 Å². The number of carbonyl (C=O) groups excluding carboxylic acids is 1. The molecule has 0 aliphatic rings. The topological polar surface area (TPSA) is 17.1 Å². The van der Waals surface area contributed by atoms with Crippen LogP contribution in [0.15, 0.2) is 48.6 Å². The predicted octanol–water partition coefficient (Wildman–Crippen LogP) is 2.45. The lowest BCUT2D eigenvalue weighted by Gasteiger charge is -1.91. The van der Waals surface area contributed by atoms with Gasteiger partial charge in [-0.15, -0.1) is 0 Å². The van der Waals surface area contributed by atoms with Gasteiger partial charge in [0.05, 0.1) is 0 Å². The van der Waals surface area contributed by atoms with Crippen LogP contribution in [0, 0.1) is 0 Å². The van der Waals surface area contributed by atoms with Crippen LogP contribution in [-0.2, 0) is 4.79 Å². The van der Waals surface area contributed by atoms with E-state index < -0.39 is 0 Å². The summed E-state index contributed by atoms with van der Waals surface area (Å²) in [5, 5.41) is 0. The van der Waals surface area contributed by atoms with Crippen LogP contribution in [0.5, 0.6) is 0 Å². The average molecular weight is 158 g/mol. The van der Waals surface area contributed by atoms with Gasteiger partial charge in [0.2, 0.25) is 0 Å². The van der Waals surface area contributed by atoms with E-state index in [-0.39, 0.29) is 0 Å². The highest BCUT2D eigenvalue weighted by atomic mass is 16.1. The number of hydrogen-bond acceptors (Lipinski definition) is 1. The van der Waals surface area contributed by atoms with Crippen LogP contribution in [0.3, 0.4) is 0 Å². The molecular formula is C11H10O. The molecule has 0 fully saturated rings. The van der Waals surface area contributed by atoms with Gasteiger partial charge in [0, 0.05) is 5.57 Å². The highest BCUT2D eigenvalue weighted by molar-refractivity contribution is 5.85. The molecule has 0 heterocycles. The second kappa shape index (κ2) is 4.29. The molecule has 1 aromatic rings. The zero-order valence-corrected chi connectivity index (χ0v) is 6.73. The maximum absolute atomic E-state index is 10.4. The van der Waals surface area contributed by atoms with E-state index in [1.54, 1.807) is 12.2 Å². The molecule has 1 rings (SSSR count). The minimum Gasteiger partial charge on any atom is -0.298 e. The van der Waals surface area contributed by atoms with Gasteiger partial charge in [0.15, 0.2) is 0 Å². The molecule has 0 saturated heterocycles. The molecular weight excluding hydrogens is 148 g/mol. The fraction of sp³-hybridized carbons (Fsp3) is 0. The first-order valence-corrected chi connectivity index (χ1v) is 3.71. The molecule has 0 atom stereocenters. The summed E-state index contributed by atoms with van der Waals surface area (Å²) in [6.45, 7) is 3.53. The van der Waals surface area contributed by atoms with Crippen LogP contribution in [0.25, 0.3) is 6.08 Å². The summed E-state index contributed by atoms with van der Waals surface area (Å²) in [5.41, 5.74) is 1.61. The second-order valence-corrected chi connectivity index (χ2v) is 2.38. The summed E-state index contributed by atoms with van der Waals surface area (Å²) in [7, 11) is 0. The quantitative estimate of drug-likeness (QED) is 0.375. The average Bonchev–Trinajstić information content (AvgIpc) is 2.16. The highest BCUT2D eigenvalue weighted by Crippen LogP contribution is 2.04. The second-order valence-electron chi connectivity index (χ2n) is 2.38. The lowest BCUT2D eigenvalue weighted by molar-refractivity contribution is -0.104. The predicted molar refractivity (Wildman–Crippen MR) is 50.7 cm³/mol. The first-order chi connectivity index (χ1) is 5.86. The maximum atomic E-state index is 10.4. The van der Waals surface area contributed by atoms with Crippen molar-refractivity contribution in [2.24, 2.45) is 0 Å². The Morgan fingerprint density at radius 1 is 1.25 bits per heavy atom. The van der Waals surface area contributed by atoms with E-state index in [0.29, 0.717) is 5.57 Å². The Labute approximate surface area is 72.0 Å². The van der Waals surface area contributed by atoms with Crippen molar-refractivity contribution in [1.82, 2.24) is 0 Å². The first-order valence-electron chi connectivity index (χ1n) is 3.71. The van der Waals surface area contributed by atoms with Crippen molar-refractivity contribution in [2.75, 3.05) is 0 Å². The summed E-state index contributed by atoms with van der Waals surface area (Å²) < 4.78 is 0. The third-order valence-electron chi connectivity index (χ3n) is 1.50. The van der Waals surface area contributed by atoms with Crippen molar-refractivity contribution < 1.29 is 4.79 Å². The van der Waals surface area contributed by atoms with Gasteiger partial charge in [-0.1, -0.05) is 43.0 Å². The van der Waals surface area contributed by atoms with Gasteiger partial charge in [0.25, 0.3) is 0 Å². The van der Waals surface area contributed by atoms with E-state index in [1.807, 2.05) is 30.3 Å². The molecule has 0 aliphatic carbocycles. The van der Waals surface area contributed by atoms with Crippen LogP contribution in [0.2, 0.25) is 0 Å².